The number of imide groups is 1. The molecule has 0 aliphatic carbocycles. The van der Waals surface area contributed by atoms with Crippen molar-refractivity contribution in [3.63, 3.8) is 0 Å². The van der Waals surface area contributed by atoms with E-state index in [4.69, 9.17) is 9.47 Å². The van der Waals surface area contributed by atoms with Gasteiger partial charge in [0, 0.05) is 5.56 Å². The van der Waals surface area contributed by atoms with Crippen molar-refractivity contribution in [2.75, 3.05) is 20.3 Å². The number of hydrogen-bond acceptors (Lipinski definition) is 6. The van der Waals surface area contributed by atoms with Crippen molar-refractivity contribution in [3.8, 4) is 11.5 Å². The second kappa shape index (κ2) is 8.54. The number of rotatable bonds is 8. The van der Waals surface area contributed by atoms with Crippen molar-refractivity contribution >= 4 is 17.7 Å². The highest BCUT2D eigenvalue weighted by Crippen LogP contribution is 2.30. The third-order valence-electron chi connectivity index (χ3n) is 5.02. The van der Waals surface area contributed by atoms with Crippen LogP contribution >= 0.6 is 0 Å². The number of hydrogen-bond donors (Lipinski definition) is 2. The van der Waals surface area contributed by atoms with Crippen LogP contribution in [0.1, 0.15) is 29.8 Å². The summed E-state index contributed by atoms with van der Waals surface area (Å²) >= 11 is 0. The number of amides is 3. The van der Waals surface area contributed by atoms with E-state index in [9.17, 15) is 19.5 Å². The van der Waals surface area contributed by atoms with E-state index >= 15 is 0 Å². The molecule has 1 aliphatic heterocycles. The Balaban J connectivity index is 1.64. The monoisotopic (exact) mass is 412 g/mol. The molecule has 8 heteroatoms. The number of benzene rings is 2. The fourth-order valence-corrected chi connectivity index (χ4v) is 3.24. The van der Waals surface area contributed by atoms with Gasteiger partial charge in [-0.05, 0) is 43.7 Å². The first kappa shape index (κ1) is 21.3. The summed E-state index contributed by atoms with van der Waals surface area (Å²) in [6, 6.07) is 12.8. The SMILES string of the molecule is COc1ccc([C@]2(C)NC(=O)N(C[C@@H](O)COc3cccc(C(C)=O)c3)C2=O)cc1. The Kier molecular flexibility index (Phi) is 6.07. The number of ketones is 1. The number of aliphatic hydroxyl groups excluding tert-OH is 1. The van der Waals surface area contributed by atoms with Gasteiger partial charge in [0.2, 0.25) is 0 Å². The first-order valence-corrected chi connectivity index (χ1v) is 9.45. The summed E-state index contributed by atoms with van der Waals surface area (Å²) in [5.41, 5.74) is -0.137. The minimum absolute atomic E-state index is 0.0989. The van der Waals surface area contributed by atoms with E-state index < -0.39 is 23.6 Å². The molecule has 30 heavy (non-hydrogen) atoms. The molecule has 158 valence electrons. The summed E-state index contributed by atoms with van der Waals surface area (Å²) < 4.78 is 10.6. The Morgan fingerprint density at radius 3 is 2.50 bits per heavy atom. The van der Waals surface area contributed by atoms with Gasteiger partial charge in [0.05, 0.1) is 13.7 Å². The number of urea groups is 1. The molecule has 0 bridgehead atoms. The van der Waals surface area contributed by atoms with Crippen molar-refractivity contribution in [1.29, 1.82) is 0 Å². The molecule has 2 aromatic carbocycles. The lowest BCUT2D eigenvalue weighted by molar-refractivity contribution is -0.132. The fraction of sp³-hybridized carbons (Fsp3) is 0.318. The predicted molar refractivity (Wildman–Crippen MR) is 109 cm³/mol. The van der Waals surface area contributed by atoms with E-state index in [2.05, 4.69) is 5.32 Å². The number of β-amino-alcohol motifs (C(OH)–C–C–N with tert-alkyl or cyclic N) is 1. The molecule has 1 heterocycles. The summed E-state index contributed by atoms with van der Waals surface area (Å²) in [4.78, 5) is 37.8. The maximum Gasteiger partial charge on any atom is 0.325 e. The third-order valence-corrected chi connectivity index (χ3v) is 5.02. The van der Waals surface area contributed by atoms with Crippen molar-refractivity contribution in [2.24, 2.45) is 0 Å². The zero-order valence-electron chi connectivity index (χ0n) is 17.0. The minimum Gasteiger partial charge on any atom is -0.497 e. The molecule has 0 spiro atoms. The van der Waals surface area contributed by atoms with E-state index in [1.807, 2.05) is 0 Å². The lowest BCUT2D eigenvalue weighted by Crippen LogP contribution is -2.42. The van der Waals surface area contributed by atoms with Crippen LogP contribution in [0.3, 0.4) is 0 Å². The van der Waals surface area contributed by atoms with Gasteiger partial charge in [0.25, 0.3) is 5.91 Å². The standard InChI is InChI=1S/C22H24N2O6/c1-14(25)15-5-4-6-19(11-15)30-13-17(26)12-24-20(27)22(2,23-21(24)28)16-7-9-18(29-3)10-8-16/h4-11,17,26H,12-13H2,1-3H3,(H,23,28)/t17-,22+/m1/s1. The molecule has 1 aliphatic rings. The molecule has 3 rings (SSSR count). The minimum atomic E-state index is -1.24. The average Bonchev–Trinajstić information content (AvgIpc) is 2.96. The molecule has 1 fully saturated rings. The zero-order valence-corrected chi connectivity index (χ0v) is 17.0. The first-order valence-electron chi connectivity index (χ1n) is 9.45. The smallest absolute Gasteiger partial charge is 0.325 e. The molecule has 2 N–H and O–H groups in total. The van der Waals surface area contributed by atoms with Gasteiger partial charge in [-0.3, -0.25) is 14.5 Å². The number of Topliss-reactive ketones (excluding diaryl/α,β-unsaturated/α-hetero) is 1. The van der Waals surface area contributed by atoms with Gasteiger partial charge in [-0.1, -0.05) is 24.3 Å². The summed E-state index contributed by atoms with van der Waals surface area (Å²) in [6.07, 6.45) is -1.10. The largest absolute Gasteiger partial charge is 0.497 e. The second-order valence-corrected chi connectivity index (χ2v) is 7.25. The summed E-state index contributed by atoms with van der Waals surface area (Å²) in [5, 5.41) is 13.0. The topological polar surface area (TPSA) is 105 Å². The highest BCUT2D eigenvalue weighted by Gasteiger charge is 2.49. The van der Waals surface area contributed by atoms with Crippen LogP contribution in [0.5, 0.6) is 11.5 Å². The van der Waals surface area contributed by atoms with Gasteiger partial charge in [-0.15, -0.1) is 0 Å². The van der Waals surface area contributed by atoms with Crippen LogP contribution in [0.15, 0.2) is 48.5 Å². The number of aliphatic hydroxyl groups is 1. The Morgan fingerprint density at radius 1 is 1.17 bits per heavy atom. The number of nitrogens with one attached hydrogen (secondary N) is 1. The Bertz CT molecular complexity index is 958. The third kappa shape index (κ3) is 4.28. The van der Waals surface area contributed by atoms with Crippen LogP contribution in [-0.4, -0.2) is 54.1 Å². The molecule has 0 unspecified atom stereocenters. The van der Waals surface area contributed by atoms with E-state index in [0.717, 1.165) is 4.90 Å². The molecule has 8 nitrogen and oxygen atoms in total. The highest BCUT2D eigenvalue weighted by atomic mass is 16.5. The normalized spacial score (nSPS) is 19.4. The van der Waals surface area contributed by atoms with Crippen LogP contribution in [0.2, 0.25) is 0 Å². The quantitative estimate of drug-likeness (QED) is 0.508. The molecule has 2 aromatic rings. The second-order valence-electron chi connectivity index (χ2n) is 7.25. The highest BCUT2D eigenvalue weighted by molar-refractivity contribution is 6.07. The number of ether oxygens (including phenoxy) is 2. The molecular weight excluding hydrogens is 388 g/mol. The van der Waals surface area contributed by atoms with Crippen LogP contribution in [0.25, 0.3) is 0 Å². The molecule has 0 radical (unpaired) electrons. The number of carbonyl (C=O) groups is 3. The summed E-state index contributed by atoms with van der Waals surface area (Å²) in [7, 11) is 1.54. The lowest BCUT2D eigenvalue weighted by atomic mass is 9.92. The van der Waals surface area contributed by atoms with E-state index in [1.54, 1.807) is 62.6 Å². The first-order chi connectivity index (χ1) is 14.2. The molecular formula is C22H24N2O6. The lowest BCUT2D eigenvalue weighted by Gasteiger charge is -2.23. The molecule has 2 atom stereocenters. The van der Waals surface area contributed by atoms with Crippen molar-refractivity contribution in [2.45, 2.75) is 25.5 Å². The molecule has 1 saturated heterocycles. The van der Waals surface area contributed by atoms with Crippen molar-refractivity contribution in [1.82, 2.24) is 10.2 Å². The Morgan fingerprint density at radius 2 is 1.87 bits per heavy atom. The van der Waals surface area contributed by atoms with Gasteiger partial charge in [-0.25, -0.2) is 4.79 Å². The Labute approximate surface area is 174 Å². The molecule has 0 aromatic heterocycles. The zero-order chi connectivity index (χ0) is 21.9. The predicted octanol–water partition coefficient (Wildman–Crippen LogP) is 2.10. The van der Waals surface area contributed by atoms with Crippen LogP contribution in [0, 0.1) is 0 Å². The number of methoxy groups -OCH3 is 1. The van der Waals surface area contributed by atoms with Gasteiger partial charge >= 0.3 is 6.03 Å². The van der Waals surface area contributed by atoms with E-state index in [0.29, 0.717) is 22.6 Å². The van der Waals surface area contributed by atoms with Gasteiger partial charge in [0.1, 0.15) is 29.7 Å². The maximum absolute atomic E-state index is 12.9. The number of nitrogens with zero attached hydrogens (tertiary/aromatic N) is 1. The van der Waals surface area contributed by atoms with Crippen molar-refractivity contribution in [3.05, 3.63) is 59.7 Å². The van der Waals surface area contributed by atoms with Gasteiger partial charge in [-0.2, -0.15) is 0 Å². The van der Waals surface area contributed by atoms with Crippen LogP contribution in [-0.2, 0) is 10.3 Å². The summed E-state index contributed by atoms with van der Waals surface area (Å²) in [6.45, 7) is 2.71. The van der Waals surface area contributed by atoms with Crippen LogP contribution < -0.4 is 14.8 Å². The fourth-order valence-electron chi connectivity index (χ4n) is 3.24. The number of carbonyl (C=O) groups excluding carboxylic acids is 3. The summed E-state index contributed by atoms with van der Waals surface area (Å²) in [5.74, 6) is 0.493. The molecule has 3 amide bonds. The van der Waals surface area contributed by atoms with Crippen LogP contribution in [0.4, 0.5) is 4.79 Å². The maximum atomic E-state index is 12.9. The van der Waals surface area contributed by atoms with E-state index in [-0.39, 0.29) is 18.9 Å². The van der Waals surface area contributed by atoms with E-state index in [1.165, 1.54) is 6.92 Å². The van der Waals surface area contributed by atoms with Gasteiger partial charge < -0.3 is 19.9 Å². The molecule has 0 saturated carbocycles. The van der Waals surface area contributed by atoms with Crippen molar-refractivity contribution < 1.29 is 29.0 Å². The van der Waals surface area contributed by atoms with Gasteiger partial charge in [0.15, 0.2) is 5.78 Å². The Hall–Kier alpha value is -3.39. The average molecular weight is 412 g/mol.